The molecule has 0 aliphatic carbocycles. The van der Waals surface area contributed by atoms with Crippen LogP contribution >= 0.6 is 0 Å². The first-order valence-electron chi connectivity index (χ1n) is 18.2. The molecule has 0 aliphatic heterocycles. The minimum Gasteiger partial charge on any atom is -0.456 e. The average molecular weight is 692 g/mol. The highest BCUT2D eigenvalue weighted by molar-refractivity contribution is 6.13. The van der Waals surface area contributed by atoms with E-state index in [0.29, 0.717) is 5.82 Å². The molecule has 0 atom stereocenters. The van der Waals surface area contributed by atoms with Crippen LogP contribution in [0.3, 0.4) is 0 Å². The van der Waals surface area contributed by atoms with Crippen LogP contribution in [0, 0.1) is 0 Å². The van der Waals surface area contributed by atoms with Crippen molar-refractivity contribution >= 4 is 49.8 Å². The summed E-state index contributed by atoms with van der Waals surface area (Å²) in [5.41, 5.74) is 11.8. The normalized spacial score (nSPS) is 11.3. The van der Waals surface area contributed by atoms with Gasteiger partial charge in [-0.05, 0) is 59.0 Å². The summed E-state index contributed by atoms with van der Waals surface area (Å²) in [6.07, 6.45) is 0. The van der Waals surface area contributed by atoms with Crippen LogP contribution in [0.4, 0.5) is 17.1 Å². The SMILES string of the molecule is c1ccc(-c2ccc(-c3cc(-c4ccccc4)nc(-c4cccc5oc6cc(N(c7ccccc7)c7cccc8ccccc78)ccc6c45)n3)cc2)cc1. The summed E-state index contributed by atoms with van der Waals surface area (Å²) in [7, 11) is 0. The maximum Gasteiger partial charge on any atom is 0.161 e. The van der Waals surface area contributed by atoms with Gasteiger partial charge in [0.15, 0.2) is 5.82 Å². The van der Waals surface area contributed by atoms with Crippen LogP contribution in [0.25, 0.3) is 77.7 Å². The number of para-hydroxylation sites is 1. The lowest BCUT2D eigenvalue weighted by molar-refractivity contribution is 0.669. The Labute approximate surface area is 313 Å². The number of fused-ring (bicyclic) bond motifs is 4. The van der Waals surface area contributed by atoms with Crippen molar-refractivity contribution in [3.8, 4) is 45.0 Å². The number of nitrogens with zero attached hydrogens (tertiary/aromatic N) is 3. The predicted octanol–water partition coefficient (Wildman–Crippen LogP) is 13.7. The Morgan fingerprint density at radius 3 is 1.74 bits per heavy atom. The second-order valence-electron chi connectivity index (χ2n) is 13.4. The Morgan fingerprint density at radius 1 is 0.389 bits per heavy atom. The molecule has 0 aliphatic rings. The lowest BCUT2D eigenvalue weighted by atomic mass is 10.0. The first-order valence-corrected chi connectivity index (χ1v) is 18.2. The van der Waals surface area contributed by atoms with Crippen LogP contribution in [0.1, 0.15) is 0 Å². The van der Waals surface area contributed by atoms with E-state index in [2.05, 4.69) is 169 Å². The molecule has 10 rings (SSSR count). The molecule has 0 saturated heterocycles. The van der Waals surface area contributed by atoms with E-state index >= 15 is 0 Å². The third-order valence-electron chi connectivity index (χ3n) is 10.1. The van der Waals surface area contributed by atoms with Gasteiger partial charge in [0.1, 0.15) is 11.2 Å². The maximum absolute atomic E-state index is 6.67. The standard InChI is InChI=1S/C50H33N3O/c1-4-14-34(15-5-1)35-26-28-38(29-27-35)45-33-44(37-17-6-2-7-18-37)51-50(52-45)43-23-13-25-47-49(43)42-31-30-40(32-48(42)54-47)53(39-20-8-3-9-21-39)46-24-12-19-36-16-10-11-22-41(36)46/h1-33H. The third-order valence-corrected chi connectivity index (χ3v) is 10.1. The van der Waals surface area contributed by atoms with Crippen LogP contribution in [0.15, 0.2) is 205 Å². The van der Waals surface area contributed by atoms with Gasteiger partial charge >= 0.3 is 0 Å². The number of rotatable bonds is 7. The molecule has 0 N–H and O–H groups in total. The second kappa shape index (κ2) is 13.4. The molecule has 4 heteroatoms. The van der Waals surface area contributed by atoms with Crippen molar-refractivity contribution in [2.45, 2.75) is 0 Å². The Morgan fingerprint density at radius 2 is 0.981 bits per heavy atom. The molecule has 2 heterocycles. The van der Waals surface area contributed by atoms with E-state index < -0.39 is 0 Å². The van der Waals surface area contributed by atoms with Gasteiger partial charge in [-0.1, -0.05) is 152 Å². The smallest absolute Gasteiger partial charge is 0.161 e. The number of anilines is 3. The molecule has 54 heavy (non-hydrogen) atoms. The third kappa shape index (κ3) is 5.67. The molecule has 0 radical (unpaired) electrons. The van der Waals surface area contributed by atoms with Gasteiger partial charge in [-0.2, -0.15) is 0 Å². The van der Waals surface area contributed by atoms with Gasteiger partial charge < -0.3 is 9.32 Å². The summed E-state index contributed by atoms with van der Waals surface area (Å²) >= 11 is 0. The van der Waals surface area contributed by atoms with Crippen molar-refractivity contribution in [3.05, 3.63) is 200 Å². The van der Waals surface area contributed by atoms with Gasteiger partial charge in [-0.25, -0.2) is 9.97 Å². The van der Waals surface area contributed by atoms with Gasteiger partial charge in [0.25, 0.3) is 0 Å². The molecular formula is C50H33N3O. The lowest BCUT2D eigenvalue weighted by Crippen LogP contribution is -2.10. The lowest BCUT2D eigenvalue weighted by Gasteiger charge is -2.26. The van der Waals surface area contributed by atoms with Crippen LogP contribution in [0.2, 0.25) is 0 Å². The van der Waals surface area contributed by atoms with Crippen LogP contribution in [-0.2, 0) is 0 Å². The maximum atomic E-state index is 6.67. The monoisotopic (exact) mass is 691 g/mol. The summed E-state index contributed by atoms with van der Waals surface area (Å²) in [4.78, 5) is 12.7. The number of furan rings is 1. The molecule has 0 amide bonds. The first-order chi connectivity index (χ1) is 26.8. The van der Waals surface area contributed by atoms with E-state index in [4.69, 9.17) is 14.4 Å². The van der Waals surface area contributed by atoms with Gasteiger partial charge in [-0.3, -0.25) is 0 Å². The molecule has 2 aromatic heterocycles. The predicted molar refractivity (Wildman–Crippen MR) is 223 cm³/mol. The fourth-order valence-electron chi connectivity index (χ4n) is 7.48. The molecule has 0 fully saturated rings. The molecule has 10 aromatic rings. The average Bonchev–Trinajstić information content (AvgIpc) is 3.63. The van der Waals surface area contributed by atoms with E-state index in [0.717, 1.165) is 72.6 Å². The van der Waals surface area contributed by atoms with Crippen LogP contribution in [-0.4, -0.2) is 9.97 Å². The zero-order valence-corrected chi connectivity index (χ0v) is 29.3. The summed E-state index contributed by atoms with van der Waals surface area (Å²) < 4.78 is 6.67. The highest BCUT2D eigenvalue weighted by Crippen LogP contribution is 2.43. The quantitative estimate of drug-likeness (QED) is 0.167. The second-order valence-corrected chi connectivity index (χ2v) is 13.4. The summed E-state index contributed by atoms with van der Waals surface area (Å²) in [5, 5.41) is 4.37. The fourth-order valence-corrected chi connectivity index (χ4v) is 7.48. The van der Waals surface area contributed by atoms with Crippen molar-refractivity contribution in [3.63, 3.8) is 0 Å². The fraction of sp³-hybridized carbons (Fsp3) is 0. The van der Waals surface area contributed by atoms with Crippen molar-refractivity contribution < 1.29 is 4.42 Å². The molecular weight excluding hydrogens is 659 g/mol. The van der Waals surface area contributed by atoms with Crippen molar-refractivity contribution in [2.24, 2.45) is 0 Å². The first kappa shape index (κ1) is 31.4. The minimum atomic E-state index is 0.650. The zero-order chi connectivity index (χ0) is 35.8. The molecule has 0 unspecified atom stereocenters. The van der Waals surface area contributed by atoms with Crippen molar-refractivity contribution in [1.82, 2.24) is 9.97 Å². The summed E-state index contributed by atoms with van der Waals surface area (Å²) in [5.74, 6) is 0.650. The van der Waals surface area contributed by atoms with E-state index in [-0.39, 0.29) is 0 Å². The Bertz CT molecular complexity index is 2910. The largest absolute Gasteiger partial charge is 0.456 e. The number of hydrogen-bond acceptors (Lipinski definition) is 4. The van der Waals surface area contributed by atoms with Crippen molar-refractivity contribution in [2.75, 3.05) is 4.90 Å². The highest BCUT2D eigenvalue weighted by atomic mass is 16.3. The van der Waals surface area contributed by atoms with Gasteiger partial charge in [0.2, 0.25) is 0 Å². The van der Waals surface area contributed by atoms with E-state index in [1.807, 2.05) is 36.4 Å². The topological polar surface area (TPSA) is 42.2 Å². The van der Waals surface area contributed by atoms with E-state index in [1.165, 1.54) is 16.3 Å². The number of hydrogen-bond donors (Lipinski definition) is 0. The molecule has 254 valence electrons. The molecule has 8 aromatic carbocycles. The van der Waals surface area contributed by atoms with Crippen LogP contribution < -0.4 is 4.90 Å². The number of aromatic nitrogens is 2. The zero-order valence-electron chi connectivity index (χ0n) is 29.3. The van der Waals surface area contributed by atoms with Gasteiger partial charge in [0.05, 0.1) is 17.1 Å². The molecule has 0 spiro atoms. The highest BCUT2D eigenvalue weighted by Gasteiger charge is 2.20. The molecule has 4 nitrogen and oxygen atoms in total. The molecule has 0 bridgehead atoms. The van der Waals surface area contributed by atoms with Crippen LogP contribution in [0.5, 0.6) is 0 Å². The molecule has 0 saturated carbocycles. The Hall–Kier alpha value is -7.30. The van der Waals surface area contributed by atoms with E-state index in [9.17, 15) is 0 Å². The van der Waals surface area contributed by atoms with E-state index in [1.54, 1.807) is 0 Å². The van der Waals surface area contributed by atoms with Gasteiger partial charge in [-0.15, -0.1) is 0 Å². The Kier molecular flexibility index (Phi) is 7.77. The summed E-state index contributed by atoms with van der Waals surface area (Å²) in [6.45, 7) is 0. The van der Waals surface area contributed by atoms with Gasteiger partial charge in [0, 0.05) is 50.3 Å². The summed E-state index contributed by atoms with van der Waals surface area (Å²) in [6, 6.07) is 69.6. The minimum absolute atomic E-state index is 0.650. The van der Waals surface area contributed by atoms with Crippen molar-refractivity contribution in [1.29, 1.82) is 0 Å². The number of benzene rings is 8. The Balaban J connectivity index is 1.12.